The Hall–Kier alpha value is -2.14. The summed E-state index contributed by atoms with van der Waals surface area (Å²) in [5.41, 5.74) is 1.00. The number of methoxy groups -OCH3 is 2. The predicted molar refractivity (Wildman–Crippen MR) is 147 cm³/mol. The van der Waals surface area contributed by atoms with E-state index in [-0.39, 0.29) is 30.9 Å². The van der Waals surface area contributed by atoms with Crippen LogP contribution in [0.15, 0.2) is 30.3 Å². The zero-order chi connectivity index (χ0) is 26.8. The lowest BCUT2D eigenvalue weighted by Gasteiger charge is -2.28. The molecule has 0 spiro atoms. The van der Waals surface area contributed by atoms with Crippen LogP contribution < -0.4 is 9.47 Å². The normalized spacial score (nSPS) is 15.8. The first kappa shape index (κ1) is 29.4. The van der Waals surface area contributed by atoms with Crippen LogP contribution in [0.25, 0.3) is 0 Å². The van der Waals surface area contributed by atoms with Gasteiger partial charge in [0.15, 0.2) is 11.5 Å². The molecule has 1 aliphatic rings. The number of benzene rings is 1. The molecule has 3 rings (SSSR count). The SMILES string of the molecule is CCCCS(=O)(=O)N(CC(=O)N(CCc1ccc(OC)c(OC)c1)Cc1ccc(C)s1)CC1CCCO1. The van der Waals surface area contributed by atoms with Crippen molar-refractivity contribution >= 4 is 27.3 Å². The van der Waals surface area contributed by atoms with Gasteiger partial charge in [0.25, 0.3) is 0 Å². The Bertz CT molecular complexity index is 1110. The molecule has 206 valence electrons. The van der Waals surface area contributed by atoms with E-state index in [1.807, 2.05) is 44.2 Å². The molecule has 1 atom stereocenters. The second-order valence-electron chi connectivity index (χ2n) is 9.36. The summed E-state index contributed by atoms with van der Waals surface area (Å²) in [6.07, 6.45) is 3.50. The van der Waals surface area contributed by atoms with Crippen molar-refractivity contribution in [2.45, 2.75) is 58.6 Å². The summed E-state index contributed by atoms with van der Waals surface area (Å²) in [5, 5.41) is 0. The summed E-state index contributed by atoms with van der Waals surface area (Å²) in [7, 11) is -0.385. The van der Waals surface area contributed by atoms with Gasteiger partial charge in [-0.3, -0.25) is 4.79 Å². The van der Waals surface area contributed by atoms with Gasteiger partial charge in [0.2, 0.25) is 15.9 Å². The van der Waals surface area contributed by atoms with E-state index in [0.29, 0.717) is 44.0 Å². The molecule has 1 unspecified atom stereocenters. The first-order valence-electron chi connectivity index (χ1n) is 12.9. The van der Waals surface area contributed by atoms with Crippen LogP contribution in [0.5, 0.6) is 11.5 Å². The lowest BCUT2D eigenvalue weighted by Crippen LogP contribution is -2.46. The van der Waals surface area contributed by atoms with Gasteiger partial charge in [0.1, 0.15) is 0 Å². The summed E-state index contributed by atoms with van der Waals surface area (Å²) in [5.74, 6) is 1.12. The van der Waals surface area contributed by atoms with Gasteiger partial charge in [-0.15, -0.1) is 11.3 Å². The summed E-state index contributed by atoms with van der Waals surface area (Å²) >= 11 is 1.65. The molecule has 0 radical (unpaired) electrons. The number of amides is 1. The molecule has 2 heterocycles. The molecule has 1 amide bonds. The number of carbonyl (C=O) groups excluding carboxylic acids is 1. The quantitative estimate of drug-likeness (QED) is 0.328. The molecule has 2 aromatic rings. The monoisotopic (exact) mass is 552 g/mol. The lowest BCUT2D eigenvalue weighted by molar-refractivity contribution is -0.132. The van der Waals surface area contributed by atoms with Crippen LogP contribution in [-0.4, -0.2) is 75.8 Å². The highest BCUT2D eigenvalue weighted by atomic mass is 32.2. The van der Waals surface area contributed by atoms with E-state index in [4.69, 9.17) is 14.2 Å². The number of hydrogen-bond donors (Lipinski definition) is 0. The van der Waals surface area contributed by atoms with Gasteiger partial charge in [0, 0.05) is 29.5 Å². The Balaban J connectivity index is 1.78. The first-order chi connectivity index (χ1) is 17.7. The van der Waals surface area contributed by atoms with Crippen LogP contribution in [0.1, 0.15) is 47.9 Å². The average Bonchev–Trinajstić information content (AvgIpc) is 3.56. The van der Waals surface area contributed by atoms with Gasteiger partial charge in [-0.2, -0.15) is 4.31 Å². The van der Waals surface area contributed by atoms with Crippen LogP contribution >= 0.6 is 11.3 Å². The number of aryl methyl sites for hydroxylation is 1. The number of thiophene rings is 1. The maximum atomic E-state index is 13.6. The number of rotatable bonds is 15. The van der Waals surface area contributed by atoms with Crippen LogP contribution in [0.2, 0.25) is 0 Å². The van der Waals surface area contributed by atoms with E-state index in [9.17, 15) is 13.2 Å². The van der Waals surface area contributed by atoms with Crippen molar-refractivity contribution in [1.82, 2.24) is 9.21 Å². The Kier molecular flexibility index (Phi) is 11.2. The molecule has 1 aliphatic heterocycles. The van der Waals surface area contributed by atoms with E-state index < -0.39 is 10.0 Å². The summed E-state index contributed by atoms with van der Waals surface area (Å²) < 4.78 is 44.2. The third-order valence-electron chi connectivity index (χ3n) is 6.51. The Labute approximate surface area is 225 Å². The van der Waals surface area contributed by atoms with Crippen molar-refractivity contribution in [3.05, 3.63) is 45.6 Å². The minimum atomic E-state index is -3.58. The van der Waals surface area contributed by atoms with Crippen LogP contribution in [0.4, 0.5) is 0 Å². The number of carbonyl (C=O) groups is 1. The zero-order valence-electron chi connectivity index (χ0n) is 22.4. The Morgan fingerprint density at radius 2 is 1.95 bits per heavy atom. The topological polar surface area (TPSA) is 85.4 Å². The highest BCUT2D eigenvalue weighted by Crippen LogP contribution is 2.28. The largest absolute Gasteiger partial charge is 0.493 e. The Morgan fingerprint density at radius 3 is 2.57 bits per heavy atom. The van der Waals surface area contributed by atoms with Crippen LogP contribution in [-0.2, 0) is 32.5 Å². The third-order valence-corrected chi connectivity index (χ3v) is 9.36. The number of unbranched alkanes of at least 4 members (excludes halogenated alkanes) is 1. The molecule has 0 N–H and O–H groups in total. The molecular weight excluding hydrogens is 512 g/mol. The highest BCUT2D eigenvalue weighted by molar-refractivity contribution is 7.89. The number of hydrogen-bond acceptors (Lipinski definition) is 7. The van der Waals surface area contributed by atoms with Gasteiger partial charge in [0.05, 0.1) is 39.2 Å². The predicted octanol–water partition coefficient (Wildman–Crippen LogP) is 4.26. The Morgan fingerprint density at radius 1 is 1.16 bits per heavy atom. The number of nitrogens with zero attached hydrogens (tertiary/aromatic N) is 2. The summed E-state index contributed by atoms with van der Waals surface area (Å²) in [6, 6.07) is 9.79. The molecule has 1 aromatic carbocycles. The van der Waals surface area contributed by atoms with Crippen molar-refractivity contribution in [1.29, 1.82) is 0 Å². The highest BCUT2D eigenvalue weighted by Gasteiger charge is 2.30. The van der Waals surface area contributed by atoms with E-state index >= 15 is 0 Å². The third kappa shape index (κ3) is 8.70. The fraction of sp³-hybridized carbons (Fsp3) is 0.593. The van der Waals surface area contributed by atoms with E-state index in [2.05, 4.69) is 0 Å². The smallest absolute Gasteiger partial charge is 0.238 e. The average molecular weight is 553 g/mol. The fourth-order valence-corrected chi connectivity index (χ4v) is 6.87. The number of ether oxygens (including phenoxy) is 3. The molecule has 0 aliphatic carbocycles. The van der Waals surface area contributed by atoms with Crippen molar-refractivity contribution in [3.63, 3.8) is 0 Å². The molecule has 8 nitrogen and oxygen atoms in total. The van der Waals surface area contributed by atoms with Gasteiger partial charge in [-0.1, -0.05) is 19.4 Å². The van der Waals surface area contributed by atoms with Crippen molar-refractivity contribution in [2.24, 2.45) is 0 Å². The molecule has 10 heteroatoms. The molecule has 1 fully saturated rings. The van der Waals surface area contributed by atoms with Gasteiger partial charge < -0.3 is 19.1 Å². The van der Waals surface area contributed by atoms with Gasteiger partial charge in [-0.25, -0.2) is 8.42 Å². The minimum Gasteiger partial charge on any atom is -0.493 e. The fourth-order valence-electron chi connectivity index (χ4n) is 4.35. The van der Waals surface area contributed by atoms with Crippen molar-refractivity contribution in [3.8, 4) is 11.5 Å². The molecule has 0 bridgehead atoms. The first-order valence-corrected chi connectivity index (χ1v) is 15.3. The summed E-state index contributed by atoms with van der Waals surface area (Å²) in [6.45, 7) is 5.57. The van der Waals surface area contributed by atoms with Gasteiger partial charge in [-0.05, 0) is 62.4 Å². The van der Waals surface area contributed by atoms with E-state index in [1.54, 1.807) is 30.5 Å². The maximum Gasteiger partial charge on any atom is 0.238 e. The van der Waals surface area contributed by atoms with Crippen LogP contribution in [0.3, 0.4) is 0 Å². The molecule has 1 aromatic heterocycles. The van der Waals surface area contributed by atoms with Gasteiger partial charge >= 0.3 is 0 Å². The standard InChI is InChI=1S/C27H40N2O6S2/c1-5-6-16-37(31,32)29(18-23-8-7-15-35-23)20-27(30)28(19-24-11-9-21(2)36-24)14-13-22-10-12-25(33-3)26(17-22)34-4/h9-12,17,23H,5-8,13-16,18-20H2,1-4H3. The maximum absolute atomic E-state index is 13.6. The second-order valence-corrected chi connectivity index (χ2v) is 12.8. The zero-order valence-corrected chi connectivity index (χ0v) is 24.0. The van der Waals surface area contributed by atoms with Crippen molar-refractivity contribution in [2.75, 3.05) is 46.2 Å². The molecule has 0 saturated carbocycles. The second kappa shape index (κ2) is 14.1. The molecule has 37 heavy (non-hydrogen) atoms. The minimum absolute atomic E-state index is 0.0409. The molecular formula is C27H40N2O6S2. The van der Waals surface area contributed by atoms with Crippen LogP contribution in [0, 0.1) is 6.92 Å². The van der Waals surface area contributed by atoms with E-state index in [0.717, 1.165) is 29.7 Å². The summed E-state index contributed by atoms with van der Waals surface area (Å²) in [4.78, 5) is 17.6. The molecule has 1 saturated heterocycles. The number of sulfonamides is 1. The van der Waals surface area contributed by atoms with E-state index in [1.165, 1.54) is 9.18 Å². The lowest BCUT2D eigenvalue weighted by atomic mass is 10.1. The van der Waals surface area contributed by atoms with Crippen molar-refractivity contribution < 1.29 is 27.4 Å².